The molecule has 11 heteroatoms. The van der Waals surface area contributed by atoms with Crippen LogP contribution in [0.25, 0.3) is 0 Å². The van der Waals surface area contributed by atoms with Crippen LogP contribution >= 0.6 is 0 Å². The fourth-order valence-corrected chi connectivity index (χ4v) is 5.11. The molecule has 0 unspecified atom stereocenters. The summed E-state index contributed by atoms with van der Waals surface area (Å²) in [7, 11) is -8.48. The molecule has 0 aromatic rings. The first-order valence-corrected chi connectivity index (χ1v) is 16.4. The normalized spacial score (nSPS) is 11.9. The molecule has 0 amide bonds. The molecule has 0 spiro atoms. The summed E-state index contributed by atoms with van der Waals surface area (Å²) in [6.07, 6.45) is 21.1. The maximum absolute atomic E-state index is 10.8. The van der Waals surface area contributed by atoms with Crippen LogP contribution in [0.4, 0.5) is 0 Å². The molecule has 0 saturated carbocycles. The van der Waals surface area contributed by atoms with Crippen LogP contribution in [-0.2, 0) is 20.2 Å². The maximum atomic E-state index is 10.8. The Morgan fingerprint density at radius 2 is 0.714 bits per heavy atom. The standard InChI is InChI=1S/C24H51NO6S2.2K/c1-2-3-4-5-6-7-8-9-10-11-12-13-14-15-16-17-20-25(21-18-23-32(26,27)28)22-19-24-33(29,30)31;;/h2-24H2,1H3,(H,26,27,28)(H,29,30,31);;/q;2*+1/p-2. The van der Waals surface area contributed by atoms with Gasteiger partial charge in [-0.3, -0.25) is 0 Å². The smallest absolute Gasteiger partial charge is 0.748 e. The zero-order valence-corrected chi connectivity index (χ0v) is 30.9. The van der Waals surface area contributed by atoms with Gasteiger partial charge in [0.2, 0.25) is 0 Å². The molecule has 0 aliphatic rings. The van der Waals surface area contributed by atoms with E-state index in [4.69, 9.17) is 0 Å². The summed E-state index contributed by atoms with van der Waals surface area (Å²) < 4.78 is 64.7. The van der Waals surface area contributed by atoms with Gasteiger partial charge in [0.1, 0.15) is 0 Å². The molecule has 0 aliphatic carbocycles. The van der Waals surface area contributed by atoms with E-state index in [1.807, 2.05) is 4.90 Å². The molecule has 7 nitrogen and oxygen atoms in total. The summed E-state index contributed by atoms with van der Waals surface area (Å²) in [4.78, 5) is 1.97. The summed E-state index contributed by atoms with van der Waals surface area (Å²) in [5.74, 6) is -0.829. The molecular formula is C24H49K2NO6S2. The Labute approximate surface area is 302 Å². The van der Waals surface area contributed by atoms with E-state index < -0.39 is 31.7 Å². The van der Waals surface area contributed by atoms with Crippen molar-refractivity contribution in [1.82, 2.24) is 4.90 Å². The van der Waals surface area contributed by atoms with Gasteiger partial charge >= 0.3 is 103 Å². The van der Waals surface area contributed by atoms with Crippen LogP contribution in [0.2, 0.25) is 0 Å². The van der Waals surface area contributed by atoms with Crippen molar-refractivity contribution in [1.29, 1.82) is 0 Å². The fraction of sp³-hybridized carbons (Fsp3) is 1.00. The number of rotatable bonds is 25. The Morgan fingerprint density at radius 1 is 0.457 bits per heavy atom. The average Bonchev–Trinajstić information content (AvgIpc) is 2.71. The molecule has 0 aromatic carbocycles. The van der Waals surface area contributed by atoms with Crippen molar-refractivity contribution in [2.24, 2.45) is 0 Å². The van der Waals surface area contributed by atoms with Crippen LogP contribution in [0, 0.1) is 0 Å². The fourth-order valence-electron chi connectivity index (χ4n) is 4.15. The van der Waals surface area contributed by atoms with E-state index in [1.54, 1.807) is 0 Å². The molecule has 0 saturated heterocycles. The minimum Gasteiger partial charge on any atom is -0.748 e. The molecule has 0 fully saturated rings. The van der Waals surface area contributed by atoms with Crippen LogP contribution in [-0.4, -0.2) is 62.0 Å². The van der Waals surface area contributed by atoms with E-state index >= 15 is 0 Å². The number of nitrogens with zero attached hydrogens (tertiary/aromatic N) is 1. The molecule has 200 valence electrons. The van der Waals surface area contributed by atoms with E-state index in [-0.39, 0.29) is 116 Å². The summed E-state index contributed by atoms with van der Waals surface area (Å²) in [5.41, 5.74) is 0. The zero-order valence-electron chi connectivity index (χ0n) is 23.0. The van der Waals surface area contributed by atoms with Gasteiger partial charge in [0.15, 0.2) is 0 Å². The summed E-state index contributed by atoms with van der Waals surface area (Å²) in [6.45, 7) is 3.85. The van der Waals surface area contributed by atoms with E-state index in [0.29, 0.717) is 13.1 Å². The van der Waals surface area contributed by atoms with Gasteiger partial charge in [-0.05, 0) is 38.9 Å². The molecule has 0 bridgehead atoms. The molecule has 0 aromatic heterocycles. The second-order valence-electron chi connectivity index (χ2n) is 9.38. The third-order valence-electron chi connectivity index (χ3n) is 6.07. The van der Waals surface area contributed by atoms with Gasteiger partial charge in [-0.25, -0.2) is 16.8 Å². The van der Waals surface area contributed by atoms with Crippen molar-refractivity contribution in [2.45, 2.75) is 122 Å². The number of hydrogen-bond acceptors (Lipinski definition) is 7. The van der Waals surface area contributed by atoms with E-state index in [2.05, 4.69) is 6.92 Å². The quantitative estimate of drug-likeness (QED) is 0.0795. The second-order valence-corrected chi connectivity index (χ2v) is 12.4. The summed E-state index contributed by atoms with van der Waals surface area (Å²) in [5, 5.41) is 0. The molecule has 0 radical (unpaired) electrons. The van der Waals surface area contributed by atoms with Crippen LogP contribution in [0.5, 0.6) is 0 Å². The first kappa shape index (κ1) is 42.5. The Hall–Kier alpha value is 3.05. The maximum Gasteiger partial charge on any atom is 1.00 e. The first-order chi connectivity index (χ1) is 15.6. The van der Waals surface area contributed by atoms with Gasteiger partial charge in [-0.15, -0.1) is 0 Å². The van der Waals surface area contributed by atoms with Gasteiger partial charge < -0.3 is 14.0 Å². The number of unbranched alkanes of at least 4 members (excludes halogenated alkanes) is 15. The van der Waals surface area contributed by atoms with E-state index in [9.17, 15) is 25.9 Å². The van der Waals surface area contributed by atoms with Crippen LogP contribution < -0.4 is 103 Å². The molecule has 35 heavy (non-hydrogen) atoms. The summed E-state index contributed by atoms with van der Waals surface area (Å²) in [6, 6.07) is 0. The summed E-state index contributed by atoms with van der Waals surface area (Å²) >= 11 is 0. The largest absolute Gasteiger partial charge is 1.00 e. The minimum atomic E-state index is -4.24. The molecule has 0 heterocycles. The molecular weight excluding hydrogens is 541 g/mol. The zero-order chi connectivity index (χ0) is 24.8. The van der Waals surface area contributed by atoms with Crippen LogP contribution in [0.15, 0.2) is 0 Å². The molecule has 0 atom stereocenters. The van der Waals surface area contributed by atoms with Crippen molar-refractivity contribution >= 4 is 20.2 Å². The third kappa shape index (κ3) is 37.1. The Bertz CT molecular complexity index is 610. The molecule has 0 N–H and O–H groups in total. The van der Waals surface area contributed by atoms with Crippen molar-refractivity contribution in [3.63, 3.8) is 0 Å². The van der Waals surface area contributed by atoms with Gasteiger partial charge in [-0.1, -0.05) is 103 Å². The van der Waals surface area contributed by atoms with Crippen molar-refractivity contribution in [3.05, 3.63) is 0 Å². The molecule has 0 rings (SSSR count). The Balaban J connectivity index is -0.00000512. The second kappa shape index (κ2) is 28.6. The van der Waals surface area contributed by atoms with Gasteiger partial charge in [0.25, 0.3) is 0 Å². The Kier molecular flexibility index (Phi) is 34.7. The SMILES string of the molecule is CCCCCCCCCCCCCCCCCCN(CCCS(=O)(=O)[O-])CCCS(=O)(=O)[O-].[K+].[K+]. The Morgan fingerprint density at radius 3 is 1.00 bits per heavy atom. The molecule has 0 aliphatic heterocycles. The van der Waals surface area contributed by atoms with Crippen molar-refractivity contribution < 1.29 is 129 Å². The van der Waals surface area contributed by atoms with E-state index in [0.717, 1.165) is 25.8 Å². The van der Waals surface area contributed by atoms with Crippen LogP contribution in [0.3, 0.4) is 0 Å². The average molecular weight is 590 g/mol. The first-order valence-electron chi connectivity index (χ1n) is 13.2. The monoisotopic (exact) mass is 589 g/mol. The van der Waals surface area contributed by atoms with Crippen molar-refractivity contribution in [3.8, 4) is 0 Å². The third-order valence-corrected chi connectivity index (χ3v) is 7.64. The predicted molar refractivity (Wildman–Crippen MR) is 134 cm³/mol. The number of hydrogen-bond donors (Lipinski definition) is 0. The van der Waals surface area contributed by atoms with Crippen molar-refractivity contribution in [2.75, 3.05) is 31.1 Å². The van der Waals surface area contributed by atoms with Crippen LogP contribution in [0.1, 0.15) is 122 Å². The van der Waals surface area contributed by atoms with Gasteiger partial charge in [0, 0.05) is 11.5 Å². The minimum absolute atomic E-state index is 0. The topological polar surface area (TPSA) is 118 Å². The van der Waals surface area contributed by atoms with Gasteiger partial charge in [0.05, 0.1) is 20.2 Å². The predicted octanol–water partition coefficient (Wildman–Crippen LogP) is -0.571. The van der Waals surface area contributed by atoms with Gasteiger partial charge in [-0.2, -0.15) is 0 Å². The van der Waals surface area contributed by atoms with E-state index in [1.165, 1.54) is 83.5 Å².